The number of nitrogens with zero attached hydrogens (tertiary/aromatic N) is 3. The molecule has 2 aromatic rings. The fourth-order valence-corrected chi connectivity index (χ4v) is 4.47. The molecule has 0 bridgehead atoms. The van der Waals surface area contributed by atoms with Gasteiger partial charge in [0.15, 0.2) is 0 Å². The van der Waals surface area contributed by atoms with Crippen molar-refractivity contribution in [1.29, 1.82) is 0 Å². The highest BCUT2D eigenvalue weighted by atomic mass is 32.2. The lowest BCUT2D eigenvalue weighted by molar-refractivity contribution is 0.180. The van der Waals surface area contributed by atoms with Crippen molar-refractivity contribution in [3.63, 3.8) is 0 Å². The number of likely N-dealkylation sites (tertiary alicyclic amines) is 1. The molecule has 2 aliphatic heterocycles. The zero-order chi connectivity index (χ0) is 16.2. The number of benzene rings is 1. The van der Waals surface area contributed by atoms with Crippen LogP contribution in [-0.4, -0.2) is 42.6 Å². The molecule has 0 amide bonds. The van der Waals surface area contributed by atoms with Crippen LogP contribution in [0.3, 0.4) is 0 Å². The molecule has 0 aliphatic carbocycles. The van der Waals surface area contributed by atoms with Gasteiger partial charge in [-0.05, 0) is 62.3 Å². The van der Waals surface area contributed by atoms with Crippen LogP contribution in [-0.2, 0) is 0 Å². The second-order valence-electron chi connectivity index (χ2n) is 6.91. The third-order valence-electron chi connectivity index (χ3n) is 5.01. The Morgan fingerprint density at radius 3 is 2.25 bits per heavy atom. The van der Waals surface area contributed by atoms with Crippen molar-refractivity contribution < 1.29 is 0 Å². The first-order valence-corrected chi connectivity index (χ1v) is 9.84. The molecule has 2 aliphatic rings. The van der Waals surface area contributed by atoms with Gasteiger partial charge in [-0.25, -0.2) is 0 Å². The van der Waals surface area contributed by atoms with Gasteiger partial charge in [-0.1, -0.05) is 18.2 Å². The summed E-state index contributed by atoms with van der Waals surface area (Å²) >= 11 is 1.79. The van der Waals surface area contributed by atoms with E-state index in [1.807, 2.05) is 12.4 Å². The van der Waals surface area contributed by atoms with E-state index >= 15 is 0 Å². The minimum absolute atomic E-state index is 0.856. The first-order chi connectivity index (χ1) is 11.9. The summed E-state index contributed by atoms with van der Waals surface area (Å²) in [6, 6.07) is 13.1. The Labute approximate surface area is 149 Å². The van der Waals surface area contributed by atoms with Gasteiger partial charge in [0.1, 0.15) is 0 Å². The number of anilines is 1. The van der Waals surface area contributed by atoms with Gasteiger partial charge in [0, 0.05) is 53.4 Å². The van der Waals surface area contributed by atoms with Crippen LogP contribution in [0.5, 0.6) is 0 Å². The molecule has 3 nitrogen and oxygen atoms in total. The highest BCUT2D eigenvalue weighted by Crippen LogP contribution is 2.31. The second kappa shape index (κ2) is 7.58. The lowest BCUT2D eigenvalue weighted by Gasteiger charge is -2.44. The summed E-state index contributed by atoms with van der Waals surface area (Å²) in [5.41, 5.74) is 1.36. The normalized spacial score (nSPS) is 19.2. The van der Waals surface area contributed by atoms with Gasteiger partial charge in [0.05, 0.1) is 0 Å². The number of aromatic nitrogens is 1. The topological polar surface area (TPSA) is 19.4 Å². The van der Waals surface area contributed by atoms with Crippen molar-refractivity contribution in [1.82, 2.24) is 9.88 Å². The first-order valence-electron chi connectivity index (χ1n) is 9.02. The molecule has 0 unspecified atom stereocenters. The summed E-state index contributed by atoms with van der Waals surface area (Å²) in [6.07, 6.45) is 7.91. The number of hydrogen-bond acceptors (Lipinski definition) is 4. The first kappa shape index (κ1) is 16.0. The van der Waals surface area contributed by atoms with Crippen molar-refractivity contribution in [3.8, 4) is 0 Å². The smallest absolute Gasteiger partial charge is 0.0367 e. The predicted molar refractivity (Wildman–Crippen MR) is 101 cm³/mol. The number of rotatable bonds is 5. The van der Waals surface area contributed by atoms with E-state index in [0.29, 0.717) is 0 Å². The van der Waals surface area contributed by atoms with Crippen molar-refractivity contribution in [2.24, 2.45) is 5.92 Å². The average Bonchev–Trinajstić information content (AvgIpc) is 2.61. The quantitative estimate of drug-likeness (QED) is 0.814. The molecule has 4 heteroatoms. The Kier molecular flexibility index (Phi) is 5.04. The summed E-state index contributed by atoms with van der Waals surface area (Å²) in [4.78, 5) is 11.8. The molecule has 1 aromatic heterocycles. The Hall–Kier alpha value is -1.52. The lowest BCUT2D eigenvalue weighted by atomic mass is 9.97. The van der Waals surface area contributed by atoms with Crippen LogP contribution in [0.2, 0.25) is 0 Å². The molecule has 0 N–H and O–H groups in total. The van der Waals surface area contributed by atoms with Crippen LogP contribution in [0.1, 0.15) is 19.3 Å². The number of piperidine rings is 1. The Balaban J connectivity index is 1.27. The fourth-order valence-electron chi connectivity index (χ4n) is 3.67. The molecular formula is C20H25N3S. The van der Waals surface area contributed by atoms with E-state index in [9.17, 15) is 0 Å². The Morgan fingerprint density at radius 2 is 1.54 bits per heavy atom. The minimum atomic E-state index is 0.856. The summed E-state index contributed by atoms with van der Waals surface area (Å²) in [5.74, 6) is 0.856. The third kappa shape index (κ3) is 3.93. The maximum atomic E-state index is 4.07. The summed E-state index contributed by atoms with van der Waals surface area (Å²) in [7, 11) is 0. The number of hydrogen-bond donors (Lipinski definition) is 0. The summed E-state index contributed by atoms with van der Waals surface area (Å²) in [6.45, 7) is 6.36. The van der Waals surface area contributed by atoms with E-state index in [2.05, 4.69) is 51.2 Å². The molecule has 3 heterocycles. The SMILES string of the molecule is c1cc(Sc2ccc(N3CC(CN4CCCCC4)C3)cc2)ccn1. The monoisotopic (exact) mass is 339 g/mol. The van der Waals surface area contributed by atoms with E-state index in [0.717, 1.165) is 5.92 Å². The molecule has 0 radical (unpaired) electrons. The highest BCUT2D eigenvalue weighted by Gasteiger charge is 2.28. The van der Waals surface area contributed by atoms with E-state index in [-0.39, 0.29) is 0 Å². The maximum absolute atomic E-state index is 4.07. The van der Waals surface area contributed by atoms with Crippen molar-refractivity contribution in [2.45, 2.75) is 29.1 Å². The third-order valence-corrected chi connectivity index (χ3v) is 6.03. The van der Waals surface area contributed by atoms with Crippen LogP contribution in [0.4, 0.5) is 5.69 Å². The van der Waals surface area contributed by atoms with Gasteiger partial charge in [-0.15, -0.1) is 0 Å². The Bertz CT molecular complexity index is 632. The fraction of sp³-hybridized carbons (Fsp3) is 0.450. The van der Waals surface area contributed by atoms with E-state index in [1.54, 1.807) is 11.8 Å². The summed E-state index contributed by atoms with van der Waals surface area (Å²) in [5, 5.41) is 0. The molecule has 0 atom stereocenters. The summed E-state index contributed by atoms with van der Waals surface area (Å²) < 4.78 is 0. The maximum Gasteiger partial charge on any atom is 0.0367 e. The molecule has 126 valence electrons. The van der Waals surface area contributed by atoms with E-state index in [1.165, 1.54) is 67.5 Å². The largest absolute Gasteiger partial charge is 0.371 e. The lowest BCUT2D eigenvalue weighted by Crippen LogP contribution is -2.52. The Morgan fingerprint density at radius 1 is 0.875 bits per heavy atom. The van der Waals surface area contributed by atoms with Crippen molar-refractivity contribution in [2.75, 3.05) is 37.6 Å². The standard InChI is InChI=1S/C20H25N3S/c1-2-12-22(13-3-1)14-17-15-23(16-17)18-4-6-19(7-5-18)24-20-8-10-21-11-9-20/h4-11,17H,1-3,12-16H2. The molecule has 24 heavy (non-hydrogen) atoms. The van der Waals surface area contributed by atoms with Gasteiger partial charge < -0.3 is 9.80 Å². The molecule has 2 fully saturated rings. The molecule has 0 spiro atoms. The van der Waals surface area contributed by atoms with E-state index in [4.69, 9.17) is 0 Å². The van der Waals surface area contributed by atoms with Crippen LogP contribution < -0.4 is 4.90 Å². The molecule has 1 aromatic carbocycles. The number of pyridine rings is 1. The zero-order valence-corrected chi connectivity index (χ0v) is 14.9. The molecule has 2 saturated heterocycles. The van der Waals surface area contributed by atoms with Crippen LogP contribution in [0.25, 0.3) is 0 Å². The highest BCUT2D eigenvalue weighted by molar-refractivity contribution is 7.99. The zero-order valence-electron chi connectivity index (χ0n) is 14.1. The molecule has 4 rings (SSSR count). The van der Waals surface area contributed by atoms with Gasteiger partial charge >= 0.3 is 0 Å². The second-order valence-corrected chi connectivity index (χ2v) is 8.06. The predicted octanol–water partition coefficient (Wildman–Crippen LogP) is 4.15. The molecular weight excluding hydrogens is 314 g/mol. The van der Waals surface area contributed by atoms with Crippen LogP contribution in [0.15, 0.2) is 58.6 Å². The van der Waals surface area contributed by atoms with Gasteiger partial charge in [-0.2, -0.15) is 0 Å². The van der Waals surface area contributed by atoms with Crippen molar-refractivity contribution >= 4 is 17.4 Å². The minimum Gasteiger partial charge on any atom is -0.371 e. The van der Waals surface area contributed by atoms with Gasteiger partial charge in [-0.3, -0.25) is 4.98 Å². The van der Waals surface area contributed by atoms with Crippen LogP contribution >= 0.6 is 11.8 Å². The van der Waals surface area contributed by atoms with E-state index < -0.39 is 0 Å². The average molecular weight is 340 g/mol. The van der Waals surface area contributed by atoms with Crippen LogP contribution in [0, 0.1) is 5.92 Å². The van der Waals surface area contributed by atoms with Gasteiger partial charge in [0.2, 0.25) is 0 Å². The molecule has 0 saturated carbocycles. The van der Waals surface area contributed by atoms with Gasteiger partial charge in [0.25, 0.3) is 0 Å². The van der Waals surface area contributed by atoms with Crippen molar-refractivity contribution in [3.05, 3.63) is 48.8 Å².